The Bertz CT molecular complexity index is 615. The molecule has 0 radical (unpaired) electrons. The molecule has 1 amide bonds. The Morgan fingerprint density at radius 1 is 0.864 bits per heavy atom. The van der Waals surface area contributed by atoms with Crippen LogP contribution in [0, 0.1) is 0 Å². The average molecular weight is 301 g/mol. The van der Waals surface area contributed by atoms with Crippen molar-refractivity contribution in [3.8, 4) is 17.2 Å². The van der Waals surface area contributed by atoms with Gasteiger partial charge in [0.25, 0.3) is 5.91 Å². The van der Waals surface area contributed by atoms with E-state index in [2.05, 4.69) is 5.32 Å². The van der Waals surface area contributed by atoms with Crippen LogP contribution in [0.25, 0.3) is 0 Å². The van der Waals surface area contributed by atoms with Crippen molar-refractivity contribution >= 4 is 5.91 Å². The van der Waals surface area contributed by atoms with Crippen molar-refractivity contribution in [3.63, 3.8) is 0 Å². The van der Waals surface area contributed by atoms with Gasteiger partial charge in [-0.2, -0.15) is 0 Å². The van der Waals surface area contributed by atoms with Gasteiger partial charge in [0, 0.05) is 18.2 Å². The average Bonchev–Trinajstić information content (AvgIpc) is 2.59. The van der Waals surface area contributed by atoms with Crippen LogP contribution in [0.5, 0.6) is 17.2 Å². The third-order valence-electron chi connectivity index (χ3n) is 3.23. The van der Waals surface area contributed by atoms with E-state index in [1.807, 2.05) is 24.3 Å². The second kappa shape index (κ2) is 7.36. The summed E-state index contributed by atoms with van der Waals surface area (Å²) in [6.07, 6.45) is 0. The first kappa shape index (κ1) is 15.7. The van der Waals surface area contributed by atoms with Crippen molar-refractivity contribution in [2.24, 2.45) is 0 Å². The number of benzene rings is 2. The summed E-state index contributed by atoms with van der Waals surface area (Å²) < 4.78 is 15.4. The van der Waals surface area contributed by atoms with Crippen LogP contribution >= 0.6 is 0 Å². The molecule has 0 fully saturated rings. The van der Waals surface area contributed by atoms with Crippen LogP contribution in [0.2, 0.25) is 0 Å². The number of hydrogen-bond acceptors (Lipinski definition) is 4. The standard InChI is InChI=1S/C17H19NO4/c1-20-14-6-4-12(5-7-14)11-18-17(19)13-8-15(21-2)10-16(9-13)22-3/h4-10H,11H2,1-3H3,(H,18,19). The predicted molar refractivity (Wildman–Crippen MR) is 83.7 cm³/mol. The molecule has 0 aliphatic heterocycles. The number of amides is 1. The van der Waals surface area contributed by atoms with Crippen LogP contribution in [0.15, 0.2) is 42.5 Å². The lowest BCUT2D eigenvalue weighted by Crippen LogP contribution is -2.22. The molecule has 2 aromatic carbocycles. The van der Waals surface area contributed by atoms with Crippen LogP contribution in [0.1, 0.15) is 15.9 Å². The summed E-state index contributed by atoms with van der Waals surface area (Å²) in [6, 6.07) is 12.6. The lowest BCUT2D eigenvalue weighted by atomic mass is 10.1. The molecule has 5 heteroatoms. The molecular weight excluding hydrogens is 282 g/mol. The zero-order valence-corrected chi connectivity index (χ0v) is 12.9. The smallest absolute Gasteiger partial charge is 0.251 e. The largest absolute Gasteiger partial charge is 0.497 e. The molecule has 0 aliphatic carbocycles. The number of rotatable bonds is 6. The second-order valence-electron chi connectivity index (χ2n) is 4.63. The first-order valence-corrected chi connectivity index (χ1v) is 6.80. The molecule has 2 aromatic rings. The molecule has 22 heavy (non-hydrogen) atoms. The minimum Gasteiger partial charge on any atom is -0.497 e. The van der Waals surface area contributed by atoms with Gasteiger partial charge in [-0.05, 0) is 29.8 Å². The van der Waals surface area contributed by atoms with Crippen LogP contribution in [-0.2, 0) is 6.54 Å². The number of methoxy groups -OCH3 is 3. The lowest BCUT2D eigenvalue weighted by Gasteiger charge is -2.09. The Kier molecular flexibility index (Phi) is 5.25. The first-order valence-electron chi connectivity index (χ1n) is 6.80. The highest BCUT2D eigenvalue weighted by atomic mass is 16.5. The van der Waals surface area contributed by atoms with E-state index in [-0.39, 0.29) is 5.91 Å². The summed E-state index contributed by atoms with van der Waals surface area (Å²) in [5.41, 5.74) is 1.48. The minimum atomic E-state index is -0.187. The van der Waals surface area contributed by atoms with Gasteiger partial charge in [0.1, 0.15) is 17.2 Å². The Labute approximate surface area is 129 Å². The highest BCUT2D eigenvalue weighted by Gasteiger charge is 2.09. The van der Waals surface area contributed by atoms with Gasteiger partial charge in [0.15, 0.2) is 0 Å². The summed E-state index contributed by atoms with van der Waals surface area (Å²) >= 11 is 0. The molecule has 0 bridgehead atoms. The van der Waals surface area contributed by atoms with Gasteiger partial charge in [0.05, 0.1) is 21.3 Å². The normalized spacial score (nSPS) is 9.95. The fourth-order valence-corrected chi connectivity index (χ4v) is 1.97. The summed E-state index contributed by atoms with van der Waals surface area (Å²) in [6.45, 7) is 0.433. The molecule has 0 saturated carbocycles. The van der Waals surface area contributed by atoms with Gasteiger partial charge in [-0.1, -0.05) is 12.1 Å². The Balaban J connectivity index is 2.05. The Hall–Kier alpha value is -2.69. The van der Waals surface area contributed by atoms with Crippen LogP contribution in [-0.4, -0.2) is 27.2 Å². The fourth-order valence-electron chi connectivity index (χ4n) is 1.97. The molecule has 0 unspecified atom stereocenters. The van der Waals surface area contributed by atoms with Crippen molar-refractivity contribution in [1.82, 2.24) is 5.32 Å². The minimum absolute atomic E-state index is 0.187. The molecule has 0 spiro atoms. The maximum absolute atomic E-state index is 12.2. The summed E-state index contributed by atoms with van der Waals surface area (Å²) in [7, 11) is 4.72. The SMILES string of the molecule is COc1ccc(CNC(=O)c2cc(OC)cc(OC)c2)cc1. The quantitative estimate of drug-likeness (QED) is 0.891. The van der Waals surface area contributed by atoms with E-state index < -0.39 is 0 Å². The fraction of sp³-hybridized carbons (Fsp3) is 0.235. The van der Waals surface area contributed by atoms with E-state index in [4.69, 9.17) is 14.2 Å². The summed E-state index contributed by atoms with van der Waals surface area (Å²) in [5, 5.41) is 2.86. The lowest BCUT2D eigenvalue weighted by molar-refractivity contribution is 0.0950. The van der Waals surface area contributed by atoms with Gasteiger partial charge in [0.2, 0.25) is 0 Å². The number of ether oxygens (including phenoxy) is 3. The van der Waals surface area contributed by atoms with Crippen molar-refractivity contribution in [3.05, 3.63) is 53.6 Å². The van der Waals surface area contributed by atoms with Crippen LogP contribution < -0.4 is 19.5 Å². The molecule has 0 atom stereocenters. The molecule has 5 nitrogen and oxygen atoms in total. The van der Waals surface area contributed by atoms with Gasteiger partial charge < -0.3 is 19.5 Å². The molecular formula is C17H19NO4. The van der Waals surface area contributed by atoms with Crippen molar-refractivity contribution in [2.75, 3.05) is 21.3 Å². The molecule has 0 aromatic heterocycles. The summed E-state index contributed by atoms with van der Waals surface area (Å²) in [4.78, 5) is 12.2. The Morgan fingerprint density at radius 2 is 1.41 bits per heavy atom. The van der Waals surface area contributed by atoms with Crippen molar-refractivity contribution < 1.29 is 19.0 Å². The molecule has 116 valence electrons. The second-order valence-corrected chi connectivity index (χ2v) is 4.63. The molecule has 0 aliphatic rings. The van der Waals surface area contributed by atoms with Gasteiger partial charge in [-0.25, -0.2) is 0 Å². The third-order valence-corrected chi connectivity index (χ3v) is 3.23. The molecule has 2 rings (SSSR count). The van der Waals surface area contributed by atoms with E-state index >= 15 is 0 Å². The molecule has 1 N–H and O–H groups in total. The third kappa shape index (κ3) is 3.91. The number of hydrogen-bond donors (Lipinski definition) is 1. The highest BCUT2D eigenvalue weighted by molar-refractivity contribution is 5.95. The van der Waals surface area contributed by atoms with Gasteiger partial charge in [-0.15, -0.1) is 0 Å². The predicted octanol–water partition coefficient (Wildman–Crippen LogP) is 2.64. The Morgan fingerprint density at radius 3 is 1.91 bits per heavy atom. The van der Waals surface area contributed by atoms with E-state index in [0.29, 0.717) is 23.6 Å². The maximum atomic E-state index is 12.2. The monoisotopic (exact) mass is 301 g/mol. The first-order chi connectivity index (χ1) is 10.7. The van der Waals surface area contributed by atoms with Gasteiger partial charge >= 0.3 is 0 Å². The van der Waals surface area contributed by atoms with Crippen LogP contribution in [0.3, 0.4) is 0 Å². The number of carbonyl (C=O) groups excluding carboxylic acids is 1. The van der Waals surface area contributed by atoms with Gasteiger partial charge in [-0.3, -0.25) is 4.79 Å². The highest BCUT2D eigenvalue weighted by Crippen LogP contribution is 2.22. The topological polar surface area (TPSA) is 56.8 Å². The molecule has 0 saturated heterocycles. The maximum Gasteiger partial charge on any atom is 0.251 e. The van der Waals surface area contributed by atoms with Crippen molar-refractivity contribution in [2.45, 2.75) is 6.54 Å². The number of nitrogens with one attached hydrogen (secondary N) is 1. The summed E-state index contributed by atoms with van der Waals surface area (Å²) in [5.74, 6) is 1.75. The number of carbonyl (C=O) groups is 1. The van der Waals surface area contributed by atoms with Crippen molar-refractivity contribution in [1.29, 1.82) is 0 Å². The zero-order chi connectivity index (χ0) is 15.9. The van der Waals surface area contributed by atoms with E-state index in [0.717, 1.165) is 11.3 Å². The molecule has 0 heterocycles. The van der Waals surface area contributed by atoms with Crippen LogP contribution in [0.4, 0.5) is 0 Å². The van der Waals surface area contributed by atoms with E-state index in [1.54, 1.807) is 39.5 Å². The zero-order valence-electron chi connectivity index (χ0n) is 12.9. The van der Waals surface area contributed by atoms with E-state index in [9.17, 15) is 4.79 Å². The van der Waals surface area contributed by atoms with E-state index in [1.165, 1.54) is 0 Å².